The summed E-state index contributed by atoms with van der Waals surface area (Å²) in [6.07, 6.45) is 4.21. The van der Waals surface area contributed by atoms with Gasteiger partial charge in [0.25, 0.3) is 22.7 Å². The van der Waals surface area contributed by atoms with Gasteiger partial charge >= 0.3 is 0 Å². The number of hydrogen-bond acceptors (Lipinski definition) is 10. The minimum absolute atomic E-state index is 0.213. The zero-order valence-electron chi connectivity index (χ0n) is 17.9. The molecule has 3 aromatic rings. The Labute approximate surface area is 200 Å². The molecule has 0 aliphatic carbocycles. The van der Waals surface area contributed by atoms with Gasteiger partial charge in [-0.05, 0) is 42.5 Å². The summed E-state index contributed by atoms with van der Waals surface area (Å²) in [5.74, 6) is -0.950. The second-order valence-corrected chi connectivity index (χ2v) is 7.08. The smallest absolute Gasteiger partial charge is 0.283 e. The van der Waals surface area contributed by atoms with Crippen molar-refractivity contribution < 1.29 is 29.9 Å². The number of phenolic OH excluding ortho intramolecular Hbond substituents is 2. The van der Waals surface area contributed by atoms with Crippen LogP contribution in [0, 0.1) is 40.5 Å². The van der Waals surface area contributed by atoms with E-state index in [0.29, 0.717) is 6.07 Å². The number of hydrogen-bond donors (Lipinski definition) is 2. The van der Waals surface area contributed by atoms with E-state index in [2.05, 4.69) is 0 Å². The predicted molar refractivity (Wildman–Crippen MR) is 127 cm³/mol. The molecule has 0 bridgehead atoms. The first-order valence-corrected chi connectivity index (χ1v) is 9.77. The lowest BCUT2D eigenvalue weighted by atomic mass is 10.0. The Balaban J connectivity index is 2.20. The number of aromatic hydroxyl groups is 2. The monoisotopic (exact) mass is 494 g/mol. The maximum atomic E-state index is 11.6. The fraction of sp³-hybridized carbons (Fsp3) is 0. The lowest BCUT2D eigenvalue weighted by Crippen LogP contribution is -1.98. The molecule has 14 nitrogen and oxygen atoms in total. The Morgan fingerprint density at radius 2 is 0.889 bits per heavy atom. The minimum atomic E-state index is -0.896. The van der Waals surface area contributed by atoms with Crippen LogP contribution in [0.4, 0.5) is 22.7 Å². The van der Waals surface area contributed by atoms with Gasteiger partial charge in [0.15, 0.2) is 0 Å². The van der Waals surface area contributed by atoms with E-state index in [1.54, 1.807) is 0 Å². The Morgan fingerprint density at radius 3 is 1.22 bits per heavy atom. The average molecular weight is 494 g/mol. The molecule has 0 unspecified atom stereocenters. The number of phenols is 2. The summed E-state index contributed by atoms with van der Waals surface area (Å²) in [6, 6.07) is 8.72. The summed E-state index contributed by atoms with van der Waals surface area (Å²) in [4.78, 5) is 42.3. The quantitative estimate of drug-likeness (QED) is 0.241. The van der Waals surface area contributed by atoms with Crippen LogP contribution in [0.2, 0.25) is 0 Å². The summed E-state index contributed by atoms with van der Waals surface area (Å²) in [5.41, 5.74) is -3.31. The molecule has 14 heteroatoms. The van der Waals surface area contributed by atoms with Gasteiger partial charge in [-0.25, -0.2) is 0 Å². The van der Waals surface area contributed by atoms with Crippen molar-refractivity contribution in [3.8, 4) is 11.5 Å². The van der Waals surface area contributed by atoms with Gasteiger partial charge in [0.05, 0.1) is 48.0 Å². The highest BCUT2D eigenvalue weighted by atomic mass is 16.6. The third-order valence-corrected chi connectivity index (χ3v) is 4.94. The summed E-state index contributed by atoms with van der Waals surface area (Å²) in [5, 5.41) is 65.7. The van der Waals surface area contributed by atoms with Crippen LogP contribution in [0.3, 0.4) is 0 Å². The summed E-state index contributed by atoms with van der Waals surface area (Å²) in [6.45, 7) is 0. The molecule has 0 fully saturated rings. The van der Waals surface area contributed by atoms with E-state index in [4.69, 9.17) is 0 Å². The minimum Gasteiger partial charge on any atom is -0.507 e. The van der Waals surface area contributed by atoms with Crippen molar-refractivity contribution in [2.75, 3.05) is 0 Å². The molecule has 0 aliphatic heterocycles. The maximum Gasteiger partial charge on any atom is 0.283 e. The molecule has 0 aromatic heterocycles. The van der Waals surface area contributed by atoms with Crippen molar-refractivity contribution in [2.24, 2.45) is 0 Å². The molecular weight excluding hydrogens is 480 g/mol. The summed E-state index contributed by atoms with van der Waals surface area (Å²) in [7, 11) is 0. The van der Waals surface area contributed by atoms with E-state index in [1.807, 2.05) is 0 Å². The second kappa shape index (κ2) is 10.1. The summed E-state index contributed by atoms with van der Waals surface area (Å²) >= 11 is 0. The molecule has 0 spiro atoms. The molecule has 36 heavy (non-hydrogen) atoms. The van der Waals surface area contributed by atoms with Crippen LogP contribution in [-0.2, 0) is 0 Å². The van der Waals surface area contributed by atoms with Gasteiger partial charge in [-0.3, -0.25) is 40.5 Å². The molecule has 0 radical (unpaired) electrons. The van der Waals surface area contributed by atoms with E-state index in [9.17, 15) is 50.7 Å². The van der Waals surface area contributed by atoms with Crippen molar-refractivity contribution in [2.45, 2.75) is 0 Å². The molecular formula is C22H14N4O10. The third-order valence-electron chi connectivity index (χ3n) is 4.94. The summed E-state index contributed by atoms with van der Waals surface area (Å²) < 4.78 is 0. The maximum absolute atomic E-state index is 11.6. The van der Waals surface area contributed by atoms with Crippen LogP contribution in [-0.4, -0.2) is 29.9 Å². The third kappa shape index (κ3) is 5.12. The highest BCUT2D eigenvalue weighted by Crippen LogP contribution is 2.35. The Kier molecular flexibility index (Phi) is 7.00. The zero-order chi connectivity index (χ0) is 26.6. The Bertz CT molecular complexity index is 1370. The van der Waals surface area contributed by atoms with Crippen molar-refractivity contribution >= 4 is 47.1 Å². The topological polar surface area (TPSA) is 213 Å². The molecule has 2 N–H and O–H groups in total. The van der Waals surface area contributed by atoms with Crippen LogP contribution >= 0.6 is 0 Å². The average Bonchev–Trinajstić information content (AvgIpc) is 2.81. The highest BCUT2D eigenvalue weighted by Gasteiger charge is 2.24. The molecule has 182 valence electrons. The van der Waals surface area contributed by atoms with Gasteiger partial charge in [-0.15, -0.1) is 0 Å². The van der Waals surface area contributed by atoms with E-state index in [-0.39, 0.29) is 22.3 Å². The molecule has 3 aromatic carbocycles. The second-order valence-electron chi connectivity index (χ2n) is 7.08. The van der Waals surface area contributed by atoms with E-state index in [1.165, 1.54) is 24.3 Å². The number of nitrogens with zero attached hydrogens (tertiary/aromatic N) is 4. The molecule has 0 atom stereocenters. The SMILES string of the molecule is O=[N+]([O-])c1cc([N+](=O)[O-])c(C=Cc2c(O)cccc2[N+](=O)[O-])cc1C=Cc1c(O)cccc1[N+](=O)[O-]. The van der Waals surface area contributed by atoms with Gasteiger partial charge < -0.3 is 10.2 Å². The molecule has 0 saturated heterocycles. The van der Waals surface area contributed by atoms with E-state index in [0.717, 1.165) is 42.5 Å². The fourth-order valence-corrected chi connectivity index (χ4v) is 3.28. The Hall–Kier alpha value is -5.66. The number of nitro groups is 4. The van der Waals surface area contributed by atoms with Crippen LogP contribution in [0.25, 0.3) is 24.3 Å². The van der Waals surface area contributed by atoms with Gasteiger partial charge in [0, 0.05) is 12.1 Å². The van der Waals surface area contributed by atoms with E-state index < -0.39 is 53.9 Å². The van der Waals surface area contributed by atoms with Gasteiger partial charge in [-0.2, -0.15) is 0 Å². The highest BCUT2D eigenvalue weighted by molar-refractivity contribution is 5.85. The molecule has 0 aliphatic rings. The zero-order valence-corrected chi connectivity index (χ0v) is 17.9. The number of rotatable bonds is 8. The molecule has 0 amide bonds. The first-order chi connectivity index (χ1) is 17.0. The van der Waals surface area contributed by atoms with Crippen LogP contribution < -0.4 is 0 Å². The first-order valence-electron chi connectivity index (χ1n) is 9.77. The fourth-order valence-electron chi connectivity index (χ4n) is 3.28. The van der Waals surface area contributed by atoms with Gasteiger partial charge in [0.1, 0.15) is 11.5 Å². The van der Waals surface area contributed by atoms with Gasteiger partial charge in [-0.1, -0.05) is 12.1 Å². The van der Waals surface area contributed by atoms with Crippen molar-refractivity contribution in [3.63, 3.8) is 0 Å². The van der Waals surface area contributed by atoms with Crippen molar-refractivity contribution in [1.82, 2.24) is 0 Å². The standard InChI is InChI=1S/C22H14N4O10/c27-21-5-1-3-17(23(29)30)15(21)9-7-13-11-14(20(26(35)36)12-19(13)25(33)34)8-10-16-18(24(31)32)4-2-6-22(16)28/h1-12,27-28H. The number of benzene rings is 3. The van der Waals surface area contributed by atoms with Crippen LogP contribution in [0.1, 0.15) is 22.3 Å². The molecule has 0 heterocycles. The normalized spacial score (nSPS) is 11.1. The Morgan fingerprint density at radius 1 is 0.528 bits per heavy atom. The van der Waals surface area contributed by atoms with Crippen LogP contribution in [0.15, 0.2) is 48.5 Å². The van der Waals surface area contributed by atoms with Crippen molar-refractivity contribution in [1.29, 1.82) is 0 Å². The number of nitro benzene ring substituents is 4. The predicted octanol–water partition coefficient (Wildman–Crippen LogP) is 5.07. The van der Waals surface area contributed by atoms with Crippen molar-refractivity contribution in [3.05, 3.63) is 111 Å². The first kappa shape index (κ1) is 25.0. The van der Waals surface area contributed by atoms with Gasteiger partial charge in [0.2, 0.25) is 0 Å². The van der Waals surface area contributed by atoms with Crippen LogP contribution in [0.5, 0.6) is 11.5 Å². The lowest BCUT2D eigenvalue weighted by Gasteiger charge is -2.04. The molecule has 3 rings (SSSR count). The largest absolute Gasteiger partial charge is 0.507 e. The van der Waals surface area contributed by atoms with E-state index >= 15 is 0 Å². The lowest BCUT2D eigenvalue weighted by molar-refractivity contribution is -0.394. The molecule has 0 saturated carbocycles.